The molecule has 0 saturated carbocycles. The number of hydrogen-bond donors (Lipinski definition) is 0. The van der Waals surface area contributed by atoms with E-state index in [2.05, 4.69) is 35.7 Å². The molecular formula is C14H20ClN5. The minimum atomic E-state index is -0.135. The van der Waals surface area contributed by atoms with E-state index in [1.807, 2.05) is 29.8 Å². The zero-order valence-corrected chi connectivity index (χ0v) is 13.3. The van der Waals surface area contributed by atoms with Crippen molar-refractivity contribution in [2.75, 3.05) is 11.9 Å². The van der Waals surface area contributed by atoms with Gasteiger partial charge in [-0.25, -0.2) is 15.0 Å². The van der Waals surface area contributed by atoms with Gasteiger partial charge in [-0.1, -0.05) is 32.4 Å². The summed E-state index contributed by atoms with van der Waals surface area (Å²) in [4.78, 5) is 15.3. The van der Waals surface area contributed by atoms with Crippen molar-refractivity contribution in [3.05, 3.63) is 35.3 Å². The third-order valence-electron chi connectivity index (χ3n) is 3.04. The maximum absolute atomic E-state index is 6.11. The molecule has 0 bridgehead atoms. The molecule has 0 aliphatic carbocycles. The third kappa shape index (κ3) is 3.28. The van der Waals surface area contributed by atoms with Crippen LogP contribution in [0.2, 0.25) is 5.15 Å². The topological polar surface area (TPSA) is 46.8 Å². The summed E-state index contributed by atoms with van der Waals surface area (Å²) in [5.41, 5.74) is -0.135. The van der Waals surface area contributed by atoms with Crippen LogP contribution in [0.15, 0.2) is 18.5 Å². The minimum Gasteiger partial charge on any atom is -0.352 e. The lowest BCUT2D eigenvalue weighted by molar-refractivity contribution is 0.544. The Labute approximate surface area is 124 Å². The van der Waals surface area contributed by atoms with Crippen molar-refractivity contribution >= 4 is 17.4 Å². The van der Waals surface area contributed by atoms with Gasteiger partial charge < -0.3 is 9.47 Å². The first-order chi connectivity index (χ1) is 9.27. The molecule has 0 fully saturated rings. The molecule has 0 aliphatic heterocycles. The van der Waals surface area contributed by atoms with Gasteiger partial charge in [-0.3, -0.25) is 0 Å². The van der Waals surface area contributed by atoms with Gasteiger partial charge in [-0.15, -0.1) is 0 Å². The lowest BCUT2D eigenvalue weighted by Gasteiger charge is -2.22. The van der Waals surface area contributed by atoms with Crippen LogP contribution in [0, 0.1) is 0 Å². The SMILES string of the molecule is CN(Cc1nccn1C)c1cc(Cl)nc(C(C)(C)C)n1. The zero-order valence-electron chi connectivity index (χ0n) is 12.6. The highest BCUT2D eigenvalue weighted by atomic mass is 35.5. The number of halogens is 1. The summed E-state index contributed by atoms with van der Waals surface area (Å²) in [5.74, 6) is 2.52. The predicted molar refractivity (Wildman–Crippen MR) is 81.1 cm³/mol. The Balaban J connectivity index is 2.28. The first-order valence-electron chi connectivity index (χ1n) is 6.50. The molecule has 0 unspecified atom stereocenters. The minimum absolute atomic E-state index is 0.135. The highest BCUT2D eigenvalue weighted by Gasteiger charge is 2.20. The van der Waals surface area contributed by atoms with Crippen LogP contribution in [0.4, 0.5) is 5.82 Å². The van der Waals surface area contributed by atoms with Crippen LogP contribution in [-0.2, 0) is 19.0 Å². The smallest absolute Gasteiger partial charge is 0.137 e. The Morgan fingerprint density at radius 3 is 2.55 bits per heavy atom. The Kier molecular flexibility index (Phi) is 3.99. The Bertz CT molecular complexity index is 600. The highest BCUT2D eigenvalue weighted by Crippen LogP contribution is 2.24. The molecule has 0 atom stereocenters. The number of aryl methyl sites for hydroxylation is 1. The van der Waals surface area contributed by atoms with E-state index >= 15 is 0 Å². The number of imidazole rings is 1. The quantitative estimate of drug-likeness (QED) is 0.817. The summed E-state index contributed by atoms with van der Waals surface area (Å²) in [7, 11) is 3.95. The molecule has 0 saturated heterocycles. The van der Waals surface area contributed by atoms with Gasteiger partial charge in [0.15, 0.2) is 0 Å². The third-order valence-corrected chi connectivity index (χ3v) is 3.24. The molecule has 6 heteroatoms. The Hall–Kier alpha value is -1.62. The summed E-state index contributed by atoms with van der Waals surface area (Å²) in [6.07, 6.45) is 3.72. The van der Waals surface area contributed by atoms with Gasteiger partial charge in [0.25, 0.3) is 0 Å². The lowest BCUT2D eigenvalue weighted by atomic mass is 9.96. The lowest BCUT2D eigenvalue weighted by Crippen LogP contribution is -2.23. The normalized spacial score (nSPS) is 11.7. The van der Waals surface area contributed by atoms with Gasteiger partial charge in [0.2, 0.25) is 0 Å². The first kappa shape index (κ1) is 14.8. The number of rotatable bonds is 3. The van der Waals surface area contributed by atoms with Crippen molar-refractivity contribution in [1.82, 2.24) is 19.5 Å². The van der Waals surface area contributed by atoms with Crippen LogP contribution in [0.25, 0.3) is 0 Å². The van der Waals surface area contributed by atoms with Crippen LogP contribution in [0.3, 0.4) is 0 Å². The number of hydrogen-bond acceptors (Lipinski definition) is 4. The van der Waals surface area contributed by atoms with E-state index in [1.54, 1.807) is 12.3 Å². The molecular weight excluding hydrogens is 274 g/mol. The van der Waals surface area contributed by atoms with Gasteiger partial charge >= 0.3 is 0 Å². The largest absolute Gasteiger partial charge is 0.352 e. The van der Waals surface area contributed by atoms with Crippen LogP contribution < -0.4 is 4.90 Å². The molecule has 2 aromatic rings. The molecule has 108 valence electrons. The molecule has 20 heavy (non-hydrogen) atoms. The summed E-state index contributed by atoms with van der Waals surface area (Å²) in [6.45, 7) is 6.88. The van der Waals surface area contributed by atoms with Crippen LogP contribution >= 0.6 is 11.6 Å². The van der Waals surface area contributed by atoms with E-state index < -0.39 is 0 Å². The van der Waals surface area contributed by atoms with E-state index in [9.17, 15) is 0 Å². The maximum Gasteiger partial charge on any atom is 0.137 e. The standard InChI is InChI=1S/C14H20ClN5/c1-14(2,3)13-17-10(15)8-11(18-13)20(5)9-12-16-6-7-19(12)4/h6-8H,9H2,1-5H3. The van der Waals surface area contributed by atoms with Crippen molar-refractivity contribution in [2.45, 2.75) is 32.7 Å². The average molecular weight is 294 g/mol. The van der Waals surface area contributed by atoms with Crippen molar-refractivity contribution in [1.29, 1.82) is 0 Å². The fraction of sp³-hybridized carbons (Fsp3) is 0.500. The second kappa shape index (κ2) is 5.40. The van der Waals surface area contributed by atoms with Gasteiger partial charge in [0.05, 0.1) is 6.54 Å². The maximum atomic E-state index is 6.11. The van der Waals surface area contributed by atoms with Gasteiger partial charge in [0, 0.05) is 38.0 Å². The monoisotopic (exact) mass is 293 g/mol. The van der Waals surface area contributed by atoms with Gasteiger partial charge in [0.1, 0.15) is 22.6 Å². The van der Waals surface area contributed by atoms with Crippen molar-refractivity contribution in [3.63, 3.8) is 0 Å². The number of anilines is 1. The summed E-state index contributed by atoms with van der Waals surface area (Å²) < 4.78 is 1.99. The second-order valence-electron chi connectivity index (χ2n) is 5.93. The van der Waals surface area contributed by atoms with Crippen molar-refractivity contribution in [3.8, 4) is 0 Å². The van der Waals surface area contributed by atoms with E-state index in [4.69, 9.17) is 11.6 Å². The Morgan fingerprint density at radius 2 is 2.00 bits per heavy atom. The predicted octanol–water partition coefficient (Wildman–Crippen LogP) is 2.80. The molecule has 0 aliphatic rings. The molecule has 2 rings (SSSR count). The van der Waals surface area contributed by atoms with E-state index in [1.165, 1.54) is 0 Å². The molecule has 2 heterocycles. The first-order valence-corrected chi connectivity index (χ1v) is 6.87. The van der Waals surface area contributed by atoms with E-state index in [0.717, 1.165) is 17.5 Å². The van der Waals surface area contributed by atoms with Crippen LogP contribution in [0.1, 0.15) is 32.4 Å². The van der Waals surface area contributed by atoms with Crippen molar-refractivity contribution in [2.24, 2.45) is 7.05 Å². The van der Waals surface area contributed by atoms with Crippen molar-refractivity contribution < 1.29 is 0 Å². The average Bonchev–Trinajstić information content (AvgIpc) is 2.73. The highest BCUT2D eigenvalue weighted by molar-refractivity contribution is 6.29. The number of aromatic nitrogens is 4. The molecule has 0 radical (unpaired) electrons. The van der Waals surface area contributed by atoms with Gasteiger partial charge in [-0.2, -0.15) is 0 Å². The Morgan fingerprint density at radius 1 is 1.30 bits per heavy atom. The van der Waals surface area contributed by atoms with Gasteiger partial charge in [-0.05, 0) is 0 Å². The molecule has 5 nitrogen and oxygen atoms in total. The molecule has 0 aromatic carbocycles. The second-order valence-corrected chi connectivity index (χ2v) is 6.32. The molecule has 0 spiro atoms. The summed E-state index contributed by atoms with van der Waals surface area (Å²) in [5, 5.41) is 0.464. The zero-order chi connectivity index (χ0) is 14.9. The molecule has 2 aromatic heterocycles. The molecule has 0 amide bonds. The van der Waals surface area contributed by atoms with E-state index in [-0.39, 0.29) is 5.41 Å². The summed E-state index contributed by atoms with van der Waals surface area (Å²) >= 11 is 6.11. The van der Waals surface area contributed by atoms with Crippen LogP contribution in [0.5, 0.6) is 0 Å². The fourth-order valence-electron chi connectivity index (χ4n) is 1.78. The molecule has 0 N–H and O–H groups in total. The number of nitrogens with zero attached hydrogens (tertiary/aromatic N) is 5. The fourth-order valence-corrected chi connectivity index (χ4v) is 1.96. The summed E-state index contributed by atoms with van der Waals surface area (Å²) in [6, 6.07) is 1.78. The van der Waals surface area contributed by atoms with Crippen LogP contribution in [-0.4, -0.2) is 26.6 Å². The van der Waals surface area contributed by atoms with E-state index in [0.29, 0.717) is 11.7 Å².